The summed E-state index contributed by atoms with van der Waals surface area (Å²) in [5.41, 5.74) is 1.76. The van der Waals surface area contributed by atoms with Gasteiger partial charge in [0.05, 0.1) is 12.0 Å². The fourth-order valence-electron chi connectivity index (χ4n) is 3.57. The van der Waals surface area contributed by atoms with Gasteiger partial charge < -0.3 is 19.9 Å². The van der Waals surface area contributed by atoms with Crippen molar-refractivity contribution in [3.8, 4) is 0 Å². The number of rotatable bonds is 6. The van der Waals surface area contributed by atoms with Crippen molar-refractivity contribution in [3.63, 3.8) is 0 Å². The summed E-state index contributed by atoms with van der Waals surface area (Å²) >= 11 is 0. The topological polar surface area (TPSA) is 79.0 Å². The van der Waals surface area contributed by atoms with Gasteiger partial charge in [0.15, 0.2) is 6.61 Å². The summed E-state index contributed by atoms with van der Waals surface area (Å²) in [6, 6.07) is 18.7. The quantitative estimate of drug-likeness (QED) is 0.719. The highest BCUT2D eigenvalue weighted by molar-refractivity contribution is 5.89. The number of benzene rings is 2. The summed E-state index contributed by atoms with van der Waals surface area (Å²) in [6.07, 6.45) is 1.04. The first-order chi connectivity index (χ1) is 15.0. The third-order valence-corrected chi connectivity index (χ3v) is 5.73. The monoisotopic (exact) mass is 423 g/mol. The average Bonchev–Trinajstić information content (AvgIpc) is 2.82. The number of piperidine rings is 1. The fourth-order valence-corrected chi connectivity index (χ4v) is 3.57. The summed E-state index contributed by atoms with van der Waals surface area (Å²) in [5, 5.41) is 2.85. The molecular weight excluding hydrogens is 394 g/mol. The van der Waals surface area contributed by atoms with E-state index in [2.05, 4.69) is 5.32 Å². The summed E-state index contributed by atoms with van der Waals surface area (Å²) in [5.74, 6) is -0.924. The molecule has 0 saturated carbocycles. The molecule has 0 bridgehead atoms. The van der Waals surface area contributed by atoms with Gasteiger partial charge in [0.1, 0.15) is 0 Å². The first-order valence-corrected chi connectivity index (χ1v) is 10.5. The summed E-state index contributed by atoms with van der Waals surface area (Å²) in [6.45, 7) is 2.60. The molecule has 1 heterocycles. The van der Waals surface area contributed by atoms with E-state index in [1.807, 2.05) is 67.6 Å². The largest absolute Gasteiger partial charge is 0.455 e. The van der Waals surface area contributed by atoms with Gasteiger partial charge in [-0.25, -0.2) is 4.79 Å². The molecular formula is C24H29N3O4. The zero-order chi connectivity index (χ0) is 22.2. The third-order valence-electron chi connectivity index (χ3n) is 5.73. The van der Waals surface area contributed by atoms with Crippen molar-refractivity contribution in [3.05, 3.63) is 66.2 Å². The predicted octanol–water partition coefficient (Wildman–Crippen LogP) is 3.69. The van der Waals surface area contributed by atoms with E-state index in [0.717, 1.165) is 11.3 Å². The fraction of sp³-hybridized carbons (Fsp3) is 0.375. The van der Waals surface area contributed by atoms with Gasteiger partial charge in [0.2, 0.25) is 0 Å². The maximum Gasteiger partial charge on any atom is 0.321 e. The van der Waals surface area contributed by atoms with Crippen LogP contribution in [0.3, 0.4) is 0 Å². The number of para-hydroxylation sites is 1. The lowest BCUT2D eigenvalue weighted by Gasteiger charge is -2.31. The standard InChI is InChI=1S/C24H29N3O4/c1-18(19-9-5-3-6-10-19)26(2)22(28)17-31-23(29)20-13-15-27(16-14-20)24(30)25-21-11-7-4-8-12-21/h3-12,18,20H,13-17H2,1-2H3,(H,25,30)/t18-/m0/s1. The van der Waals surface area contributed by atoms with Crippen LogP contribution in [0.25, 0.3) is 0 Å². The number of hydrogen-bond acceptors (Lipinski definition) is 4. The number of urea groups is 1. The highest BCUT2D eigenvalue weighted by atomic mass is 16.5. The molecule has 1 fully saturated rings. The lowest BCUT2D eigenvalue weighted by Crippen LogP contribution is -2.43. The maximum absolute atomic E-state index is 12.4. The van der Waals surface area contributed by atoms with E-state index in [-0.39, 0.29) is 36.5 Å². The molecule has 0 unspecified atom stereocenters. The van der Waals surface area contributed by atoms with Gasteiger partial charge in [-0.2, -0.15) is 0 Å². The molecule has 3 rings (SSSR count). The molecule has 1 aliphatic rings. The Hall–Kier alpha value is -3.35. The van der Waals surface area contributed by atoms with Crippen LogP contribution in [0.5, 0.6) is 0 Å². The Balaban J connectivity index is 1.41. The molecule has 3 amide bonds. The molecule has 1 atom stereocenters. The van der Waals surface area contributed by atoms with Crippen LogP contribution in [0.2, 0.25) is 0 Å². The second-order valence-electron chi connectivity index (χ2n) is 7.76. The molecule has 2 aromatic rings. The van der Waals surface area contributed by atoms with E-state index >= 15 is 0 Å². The van der Waals surface area contributed by atoms with Crippen molar-refractivity contribution in [2.24, 2.45) is 5.92 Å². The summed E-state index contributed by atoms with van der Waals surface area (Å²) in [7, 11) is 1.71. The van der Waals surface area contributed by atoms with Crippen molar-refractivity contribution in [1.82, 2.24) is 9.80 Å². The molecule has 0 aromatic heterocycles. The highest BCUT2D eigenvalue weighted by Crippen LogP contribution is 2.21. The molecule has 164 valence electrons. The lowest BCUT2D eigenvalue weighted by molar-refractivity contribution is -0.156. The van der Waals surface area contributed by atoms with Gasteiger partial charge >= 0.3 is 12.0 Å². The number of hydrogen-bond donors (Lipinski definition) is 1. The summed E-state index contributed by atoms with van der Waals surface area (Å²) < 4.78 is 5.29. The van der Waals surface area contributed by atoms with Crippen LogP contribution in [0.1, 0.15) is 31.4 Å². The third kappa shape index (κ3) is 6.07. The first-order valence-electron chi connectivity index (χ1n) is 10.5. The number of likely N-dealkylation sites (N-methyl/N-ethyl adjacent to an activating group) is 1. The average molecular weight is 424 g/mol. The van der Waals surface area contributed by atoms with Crippen molar-refractivity contribution in [2.45, 2.75) is 25.8 Å². The Morgan fingerprint density at radius 2 is 1.61 bits per heavy atom. The Labute approximate surface area is 183 Å². The molecule has 31 heavy (non-hydrogen) atoms. The van der Waals surface area contributed by atoms with Gasteiger partial charge in [0, 0.05) is 25.8 Å². The predicted molar refractivity (Wildman–Crippen MR) is 118 cm³/mol. The molecule has 7 nitrogen and oxygen atoms in total. The van der Waals surface area contributed by atoms with E-state index in [1.54, 1.807) is 16.8 Å². The van der Waals surface area contributed by atoms with E-state index < -0.39 is 0 Å². The van der Waals surface area contributed by atoms with Crippen LogP contribution in [-0.2, 0) is 14.3 Å². The van der Waals surface area contributed by atoms with Gasteiger partial charge in [-0.05, 0) is 37.5 Å². The Morgan fingerprint density at radius 3 is 2.23 bits per heavy atom. The Kier molecular flexibility index (Phi) is 7.65. The highest BCUT2D eigenvalue weighted by Gasteiger charge is 2.29. The van der Waals surface area contributed by atoms with Crippen molar-refractivity contribution < 1.29 is 19.1 Å². The van der Waals surface area contributed by atoms with Gasteiger partial charge in [-0.3, -0.25) is 9.59 Å². The number of carbonyl (C=O) groups excluding carboxylic acids is 3. The minimum absolute atomic E-state index is 0.112. The second-order valence-corrected chi connectivity index (χ2v) is 7.76. The molecule has 0 aliphatic carbocycles. The Bertz CT molecular complexity index is 880. The van der Waals surface area contributed by atoms with Crippen molar-refractivity contribution >= 4 is 23.6 Å². The number of ether oxygens (including phenoxy) is 1. The minimum atomic E-state index is -0.378. The molecule has 1 saturated heterocycles. The number of anilines is 1. The van der Waals surface area contributed by atoms with Crippen LogP contribution in [0.4, 0.5) is 10.5 Å². The number of esters is 1. The molecule has 0 radical (unpaired) electrons. The van der Waals surface area contributed by atoms with E-state index in [4.69, 9.17) is 4.74 Å². The van der Waals surface area contributed by atoms with Crippen LogP contribution in [-0.4, -0.2) is 54.5 Å². The number of amides is 3. The zero-order valence-corrected chi connectivity index (χ0v) is 18.0. The van der Waals surface area contributed by atoms with Crippen molar-refractivity contribution in [1.29, 1.82) is 0 Å². The van der Waals surface area contributed by atoms with Crippen LogP contribution in [0.15, 0.2) is 60.7 Å². The molecule has 0 spiro atoms. The molecule has 1 aliphatic heterocycles. The number of nitrogens with zero attached hydrogens (tertiary/aromatic N) is 2. The summed E-state index contributed by atoms with van der Waals surface area (Å²) in [4.78, 5) is 40.5. The van der Waals surface area contributed by atoms with Crippen LogP contribution >= 0.6 is 0 Å². The zero-order valence-electron chi connectivity index (χ0n) is 18.0. The van der Waals surface area contributed by atoms with E-state index in [0.29, 0.717) is 25.9 Å². The van der Waals surface area contributed by atoms with Gasteiger partial charge in [-0.1, -0.05) is 48.5 Å². The normalized spacial score (nSPS) is 15.1. The van der Waals surface area contributed by atoms with E-state index in [1.165, 1.54) is 0 Å². The lowest BCUT2D eigenvalue weighted by atomic mass is 9.97. The van der Waals surface area contributed by atoms with E-state index in [9.17, 15) is 14.4 Å². The second kappa shape index (κ2) is 10.6. The number of nitrogens with one attached hydrogen (secondary N) is 1. The number of likely N-dealkylation sites (tertiary alicyclic amines) is 1. The van der Waals surface area contributed by atoms with Crippen LogP contribution < -0.4 is 5.32 Å². The number of carbonyl (C=O) groups is 3. The Morgan fingerprint density at radius 1 is 1.03 bits per heavy atom. The first kappa shape index (κ1) is 22.3. The van der Waals surface area contributed by atoms with Gasteiger partial charge in [0.25, 0.3) is 5.91 Å². The maximum atomic E-state index is 12.4. The molecule has 7 heteroatoms. The minimum Gasteiger partial charge on any atom is -0.455 e. The molecule has 1 N–H and O–H groups in total. The molecule has 2 aromatic carbocycles. The van der Waals surface area contributed by atoms with Crippen molar-refractivity contribution in [2.75, 3.05) is 32.1 Å². The van der Waals surface area contributed by atoms with Gasteiger partial charge in [-0.15, -0.1) is 0 Å². The van der Waals surface area contributed by atoms with Crippen LogP contribution in [0, 0.1) is 5.92 Å². The SMILES string of the molecule is C[C@@H](c1ccccc1)N(C)C(=O)COC(=O)C1CCN(C(=O)Nc2ccccc2)CC1. The smallest absolute Gasteiger partial charge is 0.321 e.